The fourth-order valence-electron chi connectivity index (χ4n) is 4.27. The maximum atomic E-state index is 13.0. The Morgan fingerprint density at radius 3 is 2.32 bits per heavy atom. The number of aromatic nitrogens is 1. The fraction of sp³-hybridized carbons (Fsp3) is 0.478. The number of piperidine rings is 1. The van der Waals surface area contributed by atoms with Crippen LogP contribution in [0.5, 0.6) is 0 Å². The first-order chi connectivity index (χ1) is 14.8. The van der Waals surface area contributed by atoms with E-state index < -0.39 is 15.1 Å². The van der Waals surface area contributed by atoms with Crippen molar-refractivity contribution >= 4 is 21.6 Å². The summed E-state index contributed by atoms with van der Waals surface area (Å²) in [4.78, 5) is 24.3. The molecule has 2 fully saturated rings. The first-order valence-corrected chi connectivity index (χ1v) is 12.4. The number of likely N-dealkylation sites (N-methyl/N-ethyl adjacent to an activating group) is 1. The van der Waals surface area contributed by atoms with E-state index >= 15 is 0 Å². The van der Waals surface area contributed by atoms with E-state index in [1.54, 1.807) is 29.2 Å². The minimum absolute atomic E-state index is 0.123. The van der Waals surface area contributed by atoms with Crippen LogP contribution in [-0.2, 0) is 9.84 Å². The molecule has 166 valence electrons. The molecule has 3 heterocycles. The lowest BCUT2D eigenvalue weighted by molar-refractivity contribution is 0.0720. The molecule has 0 aliphatic carbocycles. The molecule has 7 nitrogen and oxygen atoms in total. The lowest BCUT2D eigenvalue weighted by Crippen LogP contribution is -2.45. The van der Waals surface area contributed by atoms with Gasteiger partial charge in [0.05, 0.1) is 10.1 Å². The van der Waals surface area contributed by atoms with Gasteiger partial charge in [-0.3, -0.25) is 4.79 Å². The summed E-state index contributed by atoms with van der Waals surface area (Å²) in [5.74, 6) is 0.707. The average Bonchev–Trinajstić information content (AvgIpc) is 2.79. The number of likely N-dealkylation sites (tertiary alicyclic amines) is 1. The highest BCUT2D eigenvalue weighted by molar-refractivity contribution is 7.92. The Hall–Kier alpha value is -2.45. The minimum Gasteiger partial charge on any atom is -0.354 e. The van der Waals surface area contributed by atoms with Gasteiger partial charge in [-0.05, 0) is 56.6 Å². The number of carbonyl (C=O) groups is 1. The molecule has 1 aromatic carbocycles. The third-order valence-corrected chi connectivity index (χ3v) is 8.53. The quantitative estimate of drug-likeness (QED) is 0.723. The Morgan fingerprint density at radius 1 is 0.968 bits per heavy atom. The third-order valence-electron chi connectivity index (χ3n) is 6.27. The van der Waals surface area contributed by atoms with E-state index in [2.05, 4.69) is 21.8 Å². The van der Waals surface area contributed by atoms with Crippen molar-refractivity contribution in [3.63, 3.8) is 0 Å². The van der Waals surface area contributed by atoms with Gasteiger partial charge in [0.15, 0.2) is 9.84 Å². The zero-order valence-corrected chi connectivity index (χ0v) is 19.0. The summed E-state index contributed by atoms with van der Waals surface area (Å²) in [6, 6.07) is 12.6. The molecule has 8 heteroatoms. The maximum Gasteiger partial charge on any atom is 0.272 e. The second kappa shape index (κ2) is 8.96. The van der Waals surface area contributed by atoms with Crippen LogP contribution >= 0.6 is 0 Å². The summed E-state index contributed by atoms with van der Waals surface area (Å²) in [5, 5.41) is -0.456. The molecule has 1 aromatic heterocycles. The topological polar surface area (TPSA) is 73.8 Å². The van der Waals surface area contributed by atoms with Crippen LogP contribution in [0.4, 0.5) is 5.82 Å². The first-order valence-electron chi connectivity index (χ1n) is 10.8. The molecule has 0 atom stereocenters. The Labute approximate surface area is 184 Å². The van der Waals surface area contributed by atoms with Gasteiger partial charge in [-0.2, -0.15) is 0 Å². The molecular formula is C23H30N4O3S. The smallest absolute Gasteiger partial charge is 0.272 e. The van der Waals surface area contributed by atoms with Gasteiger partial charge in [0.1, 0.15) is 11.5 Å². The van der Waals surface area contributed by atoms with Crippen molar-refractivity contribution in [3.05, 3.63) is 53.7 Å². The molecule has 0 saturated carbocycles. The van der Waals surface area contributed by atoms with E-state index in [1.165, 1.54) is 0 Å². The number of amides is 1. The van der Waals surface area contributed by atoms with Crippen molar-refractivity contribution in [1.82, 2.24) is 14.8 Å². The van der Waals surface area contributed by atoms with Gasteiger partial charge in [-0.25, -0.2) is 13.4 Å². The lowest BCUT2D eigenvalue weighted by atomic mass is 10.1. The van der Waals surface area contributed by atoms with E-state index in [9.17, 15) is 13.2 Å². The van der Waals surface area contributed by atoms with Gasteiger partial charge < -0.3 is 14.7 Å². The van der Waals surface area contributed by atoms with Gasteiger partial charge in [-0.1, -0.05) is 18.2 Å². The molecule has 2 aromatic rings. The van der Waals surface area contributed by atoms with Crippen LogP contribution in [0.25, 0.3) is 0 Å². The molecular weight excluding hydrogens is 412 g/mol. The molecule has 0 unspecified atom stereocenters. The van der Waals surface area contributed by atoms with E-state index in [-0.39, 0.29) is 5.91 Å². The summed E-state index contributed by atoms with van der Waals surface area (Å²) in [6.07, 6.45) is 0.889. The standard InChI is InChI=1S/C23H30N4O3S/c1-18-5-3-6-20(17-18)31(29,30)19-9-11-27(12-10-19)23(28)21-7-4-8-22(24-21)26-15-13-25(2)14-16-26/h3-8,17,19H,9-16H2,1-2H3. The monoisotopic (exact) mass is 442 g/mol. The Kier molecular flexibility index (Phi) is 6.29. The Balaban J connectivity index is 1.41. The van der Waals surface area contributed by atoms with Crippen LogP contribution in [0.2, 0.25) is 0 Å². The normalized spacial score (nSPS) is 18.9. The molecule has 2 aliphatic heterocycles. The summed E-state index contributed by atoms with van der Waals surface area (Å²) in [5.41, 5.74) is 1.36. The highest BCUT2D eigenvalue weighted by atomic mass is 32.2. The second-order valence-electron chi connectivity index (χ2n) is 8.52. The van der Waals surface area contributed by atoms with Crippen LogP contribution in [0.1, 0.15) is 28.9 Å². The predicted octanol–water partition coefficient (Wildman–Crippen LogP) is 2.22. The van der Waals surface area contributed by atoms with Gasteiger partial charge in [0, 0.05) is 39.3 Å². The number of rotatable bonds is 4. The molecule has 31 heavy (non-hydrogen) atoms. The summed E-state index contributed by atoms with van der Waals surface area (Å²) >= 11 is 0. The van der Waals surface area contributed by atoms with Gasteiger partial charge in [-0.15, -0.1) is 0 Å². The molecule has 4 rings (SSSR count). The lowest BCUT2D eigenvalue weighted by Gasteiger charge is -2.34. The zero-order chi connectivity index (χ0) is 22.0. The molecule has 0 bridgehead atoms. The molecule has 0 spiro atoms. The number of aryl methyl sites for hydroxylation is 1. The Bertz CT molecular complexity index is 1040. The molecule has 0 radical (unpaired) electrons. The number of carbonyl (C=O) groups excluding carboxylic acids is 1. The number of anilines is 1. The number of piperazine rings is 1. The zero-order valence-electron chi connectivity index (χ0n) is 18.2. The highest BCUT2D eigenvalue weighted by Gasteiger charge is 2.33. The Morgan fingerprint density at radius 2 is 1.65 bits per heavy atom. The van der Waals surface area contributed by atoms with Crippen molar-refractivity contribution < 1.29 is 13.2 Å². The summed E-state index contributed by atoms with van der Waals surface area (Å²) < 4.78 is 26.0. The largest absolute Gasteiger partial charge is 0.354 e. The van der Waals surface area contributed by atoms with Crippen LogP contribution in [0.15, 0.2) is 47.4 Å². The van der Waals surface area contributed by atoms with Crippen molar-refractivity contribution in [1.29, 1.82) is 0 Å². The van der Waals surface area contributed by atoms with E-state index in [1.807, 2.05) is 25.1 Å². The molecule has 2 aliphatic rings. The van der Waals surface area contributed by atoms with Gasteiger partial charge in [0.25, 0.3) is 5.91 Å². The van der Waals surface area contributed by atoms with Gasteiger partial charge >= 0.3 is 0 Å². The van der Waals surface area contributed by atoms with Crippen LogP contribution < -0.4 is 4.90 Å². The number of benzene rings is 1. The minimum atomic E-state index is -3.39. The molecule has 2 saturated heterocycles. The van der Waals surface area contributed by atoms with Crippen LogP contribution in [0, 0.1) is 6.92 Å². The fourth-order valence-corrected chi connectivity index (χ4v) is 6.10. The van der Waals surface area contributed by atoms with E-state index in [0.717, 1.165) is 37.6 Å². The average molecular weight is 443 g/mol. The number of nitrogens with zero attached hydrogens (tertiary/aromatic N) is 4. The number of hydrogen-bond donors (Lipinski definition) is 0. The van der Waals surface area contributed by atoms with Crippen molar-refractivity contribution in [2.24, 2.45) is 0 Å². The first kappa shape index (κ1) is 21.8. The van der Waals surface area contributed by atoms with Crippen LogP contribution in [0.3, 0.4) is 0 Å². The number of pyridine rings is 1. The third kappa shape index (κ3) is 4.75. The number of hydrogen-bond acceptors (Lipinski definition) is 6. The van der Waals surface area contributed by atoms with Crippen molar-refractivity contribution in [3.8, 4) is 0 Å². The summed E-state index contributed by atoms with van der Waals surface area (Å²) in [7, 11) is -1.28. The highest BCUT2D eigenvalue weighted by Crippen LogP contribution is 2.26. The maximum absolute atomic E-state index is 13.0. The van der Waals surface area contributed by atoms with Crippen molar-refractivity contribution in [2.45, 2.75) is 29.9 Å². The van der Waals surface area contributed by atoms with Gasteiger partial charge in [0.2, 0.25) is 0 Å². The predicted molar refractivity (Wildman–Crippen MR) is 121 cm³/mol. The second-order valence-corrected chi connectivity index (χ2v) is 10.8. The van der Waals surface area contributed by atoms with Crippen molar-refractivity contribution in [2.75, 3.05) is 51.2 Å². The number of sulfone groups is 1. The van der Waals surface area contributed by atoms with E-state index in [4.69, 9.17) is 0 Å². The molecule has 0 N–H and O–H groups in total. The summed E-state index contributed by atoms with van der Waals surface area (Å²) in [6.45, 7) is 6.48. The molecule has 1 amide bonds. The SMILES string of the molecule is Cc1cccc(S(=O)(=O)C2CCN(C(=O)c3cccc(N4CCN(C)CC4)n3)CC2)c1. The van der Waals surface area contributed by atoms with E-state index in [0.29, 0.717) is 36.5 Å². The van der Waals surface area contributed by atoms with Crippen LogP contribution in [-0.4, -0.2) is 80.7 Å².